The number of rotatable bonds is 2. The van der Waals surface area contributed by atoms with Gasteiger partial charge in [0.05, 0.1) is 6.33 Å². The Labute approximate surface area is 139 Å². The van der Waals surface area contributed by atoms with Crippen molar-refractivity contribution < 1.29 is 0 Å². The molecular formula is C16H18N8. The summed E-state index contributed by atoms with van der Waals surface area (Å²) in [4.78, 5) is 26.7. The van der Waals surface area contributed by atoms with Crippen molar-refractivity contribution >= 4 is 22.9 Å². The molecule has 2 aliphatic heterocycles. The standard InChI is InChI=1S/C16H18N8/c1-22-10-21-13-14(22)19-9-20-15(13)23-5-11-7-24(8-12(11)6-23)16-17-3-2-4-18-16/h2-4,9-12H,5-8H2,1H3. The number of nitrogens with zero attached hydrogens (tertiary/aromatic N) is 8. The third kappa shape index (κ3) is 2.02. The van der Waals surface area contributed by atoms with Crippen molar-refractivity contribution in [2.45, 2.75) is 0 Å². The molecule has 24 heavy (non-hydrogen) atoms. The Morgan fingerprint density at radius 3 is 2.33 bits per heavy atom. The Kier molecular flexibility index (Phi) is 2.91. The second-order valence-electron chi connectivity index (χ2n) is 6.60. The lowest BCUT2D eigenvalue weighted by Crippen LogP contribution is -2.30. The summed E-state index contributed by atoms with van der Waals surface area (Å²) in [7, 11) is 1.96. The van der Waals surface area contributed by atoms with E-state index >= 15 is 0 Å². The Balaban J connectivity index is 1.38. The molecule has 5 heterocycles. The fourth-order valence-electron chi connectivity index (χ4n) is 3.95. The summed E-state index contributed by atoms with van der Waals surface area (Å²) in [5.74, 6) is 3.02. The molecule has 0 N–H and O–H groups in total. The van der Waals surface area contributed by atoms with Crippen molar-refractivity contribution in [1.82, 2.24) is 29.5 Å². The number of anilines is 2. The van der Waals surface area contributed by atoms with Gasteiger partial charge in [0.1, 0.15) is 6.33 Å². The van der Waals surface area contributed by atoms with E-state index in [0.717, 1.165) is 49.1 Å². The predicted octanol–water partition coefficient (Wildman–Crippen LogP) is 0.726. The maximum Gasteiger partial charge on any atom is 0.225 e. The van der Waals surface area contributed by atoms with Gasteiger partial charge >= 0.3 is 0 Å². The van der Waals surface area contributed by atoms with E-state index in [9.17, 15) is 0 Å². The van der Waals surface area contributed by atoms with Crippen molar-refractivity contribution in [3.8, 4) is 0 Å². The van der Waals surface area contributed by atoms with Crippen molar-refractivity contribution in [2.24, 2.45) is 18.9 Å². The molecule has 2 atom stereocenters. The topological polar surface area (TPSA) is 75.9 Å². The van der Waals surface area contributed by atoms with Gasteiger partial charge in [-0.2, -0.15) is 0 Å². The minimum absolute atomic E-state index is 0.613. The lowest BCUT2D eigenvalue weighted by Gasteiger charge is -2.22. The molecule has 2 aliphatic rings. The van der Waals surface area contributed by atoms with Crippen molar-refractivity contribution in [3.05, 3.63) is 31.1 Å². The first-order valence-electron chi connectivity index (χ1n) is 8.18. The molecule has 5 rings (SSSR count). The van der Waals surface area contributed by atoms with Gasteiger partial charge in [0, 0.05) is 57.5 Å². The van der Waals surface area contributed by atoms with Gasteiger partial charge in [-0.05, 0) is 6.07 Å². The average Bonchev–Trinajstić information content (AvgIpc) is 3.29. The highest BCUT2D eigenvalue weighted by atomic mass is 15.3. The van der Waals surface area contributed by atoms with Crippen molar-refractivity contribution in [2.75, 3.05) is 36.0 Å². The fourth-order valence-corrected chi connectivity index (χ4v) is 3.95. The summed E-state index contributed by atoms with van der Waals surface area (Å²) in [6.45, 7) is 4.00. The lowest BCUT2D eigenvalue weighted by atomic mass is 10.0. The first kappa shape index (κ1) is 13.6. The Hall–Kier alpha value is -2.77. The third-order valence-electron chi connectivity index (χ3n) is 5.10. The van der Waals surface area contributed by atoms with Gasteiger partial charge in [-0.25, -0.2) is 24.9 Å². The second-order valence-corrected chi connectivity index (χ2v) is 6.60. The summed E-state index contributed by atoms with van der Waals surface area (Å²) in [5, 5.41) is 0. The largest absolute Gasteiger partial charge is 0.354 e. The molecule has 3 aromatic heterocycles. The molecule has 122 valence electrons. The van der Waals surface area contributed by atoms with Gasteiger partial charge in [-0.3, -0.25) is 0 Å². The maximum absolute atomic E-state index is 4.51. The minimum atomic E-state index is 0.613. The summed E-state index contributed by atoms with van der Waals surface area (Å²) < 4.78 is 1.94. The van der Waals surface area contributed by atoms with E-state index in [2.05, 4.69) is 34.7 Å². The van der Waals surface area contributed by atoms with E-state index < -0.39 is 0 Å². The van der Waals surface area contributed by atoms with Gasteiger partial charge in [0.2, 0.25) is 5.95 Å². The zero-order valence-corrected chi connectivity index (χ0v) is 13.4. The van der Waals surface area contributed by atoms with Gasteiger partial charge in [-0.1, -0.05) is 0 Å². The number of hydrogen-bond donors (Lipinski definition) is 0. The van der Waals surface area contributed by atoms with Crippen LogP contribution in [0.25, 0.3) is 11.2 Å². The van der Waals surface area contributed by atoms with Crippen LogP contribution < -0.4 is 9.80 Å². The van der Waals surface area contributed by atoms with Gasteiger partial charge < -0.3 is 14.4 Å². The number of imidazole rings is 1. The molecule has 0 aromatic carbocycles. The summed E-state index contributed by atoms with van der Waals surface area (Å²) in [6, 6.07) is 1.86. The molecule has 2 fully saturated rings. The van der Waals surface area contributed by atoms with Crippen LogP contribution in [-0.2, 0) is 7.05 Å². The first-order chi connectivity index (χ1) is 11.8. The number of fused-ring (bicyclic) bond motifs is 2. The predicted molar refractivity (Wildman–Crippen MR) is 89.7 cm³/mol. The smallest absolute Gasteiger partial charge is 0.225 e. The van der Waals surface area contributed by atoms with E-state index in [1.807, 2.05) is 17.7 Å². The van der Waals surface area contributed by atoms with Crippen molar-refractivity contribution in [3.63, 3.8) is 0 Å². The van der Waals surface area contributed by atoms with Crippen LogP contribution in [0.15, 0.2) is 31.1 Å². The normalized spacial score (nSPS) is 23.2. The monoisotopic (exact) mass is 322 g/mol. The highest BCUT2D eigenvalue weighted by molar-refractivity contribution is 5.83. The molecule has 2 unspecified atom stereocenters. The molecule has 0 amide bonds. The van der Waals surface area contributed by atoms with Crippen LogP contribution in [0.2, 0.25) is 0 Å². The summed E-state index contributed by atoms with van der Waals surface area (Å²) >= 11 is 0. The molecule has 0 saturated carbocycles. The lowest BCUT2D eigenvalue weighted by molar-refractivity contribution is 0.533. The van der Waals surface area contributed by atoms with Gasteiger partial charge in [-0.15, -0.1) is 0 Å². The SMILES string of the molecule is Cn1cnc2c(N3CC4CN(c5ncccn5)CC4C3)ncnc21. The molecule has 0 spiro atoms. The van der Waals surface area contributed by atoms with Crippen LogP contribution in [0.5, 0.6) is 0 Å². The van der Waals surface area contributed by atoms with E-state index in [-0.39, 0.29) is 0 Å². The van der Waals surface area contributed by atoms with Gasteiger partial charge in [0.15, 0.2) is 17.0 Å². The number of aryl methyl sites for hydroxylation is 1. The van der Waals surface area contributed by atoms with Crippen LogP contribution in [0.4, 0.5) is 11.8 Å². The highest BCUT2D eigenvalue weighted by Crippen LogP contribution is 2.35. The number of aromatic nitrogens is 6. The fraction of sp³-hybridized carbons (Fsp3) is 0.438. The molecular weight excluding hydrogens is 304 g/mol. The van der Waals surface area contributed by atoms with Gasteiger partial charge in [0.25, 0.3) is 0 Å². The third-order valence-corrected chi connectivity index (χ3v) is 5.10. The van der Waals surface area contributed by atoms with E-state index in [4.69, 9.17) is 0 Å². The second kappa shape index (κ2) is 5.12. The minimum Gasteiger partial charge on any atom is -0.354 e. The van der Waals surface area contributed by atoms with E-state index in [1.165, 1.54) is 0 Å². The Morgan fingerprint density at radius 2 is 1.58 bits per heavy atom. The quantitative estimate of drug-likeness (QED) is 0.688. The highest BCUT2D eigenvalue weighted by Gasteiger charge is 2.41. The molecule has 0 bridgehead atoms. The summed E-state index contributed by atoms with van der Waals surface area (Å²) in [6.07, 6.45) is 7.05. The van der Waals surface area contributed by atoms with Crippen LogP contribution in [0.3, 0.4) is 0 Å². The van der Waals surface area contributed by atoms with E-state index in [0.29, 0.717) is 11.8 Å². The van der Waals surface area contributed by atoms with Crippen LogP contribution >= 0.6 is 0 Å². The molecule has 0 radical (unpaired) electrons. The van der Waals surface area contributed by atoms with Crippen LogP contribution in [-0.4, -0.2) is 55.7 Å². The Bertz CT molecular complexity index is 862. The molecule has 0 aliphatic carbocycles. The van der Waals surface area contributed by atoms with Crippen LogP contribution in [0, 0.1) is 11.8 Å². The molecule has 8 heteroatoms. The maximum atomic E-state index is 4.51. The molecule has 3 aromatic rings. The first-order valence-corrected chi connectivity index (χ1v) is 8.18. The molecule has 8 nitrogen and oxygen atoms in total. The van der Waals surface area contributed by atoms with Crippen molar-refractivity contribution in [1.29, 1.82) is 0 Å². The molecule has 2 saturated heterocycles. The Morgan fingerprint density at radius 1 is 0.875 bits per heavy atom. The van der Waals surface area contributed by atoms with E-state index in [1.54, 1.807) is 25.0 Å². The van der Waals surface area contributed by atoms with Crippen LogP contribution in [0.1, 0.15) is 0 Å². The summed E-state index contributed by atoms with van der Waals surface area (Å²) in [5.41, 5.74) is 1.78. The zero-order chi connectivity index (χ0) is 16.1. The average molecular weight is 322 g/mol. The number of hydrogen-bond acceptors (Lipinski definition) is 7. The zero-order valence-electron chi connectivity index (χ0n) is 13.4.